The predicted octanol–water partition coefficient (Wildman–Crippen LogP) is 6.08. The fraction of sp³-hybridized carbons (Fsp3) is 0.513. The van der Waals surface area contributed by atoms with Crippen molar-refractivity contribution in [2.24, 2.45) is 5.92 Å². The molecule has 3 aromatic rings. The maximum absolute atomic E-state index is 14.4. The third-order valence-corrected chi connectivity index (χ3v) is 9.18. The summed E-state index contributed by atoms with van der Waals surface area (Å²) in [7, 11) is 5.68. The minimum absolute atomic E-state index is 0.128. The molecule has 50 heavy (non-hydrogen) atoms. The van der Waals surface area contributed by atoms with Crippen molar-refractivity contribution in [1.82, 2.24) is 14.7 Å². The lowest BCUT2D eigenvalue weighted by atomic mass is 10.0. The van der Waals surface area contributed by atoms with Gasteiger partial charge in [-0.3, -0.25) is 9.59 Å². The molecule has 0 saturated carbocycles. The summed E-state index contributed by atoms with van der Waals surface area (Å²) in [5.41, 5.74) is 1.55. The SMILES string of the molecule is C[C@H]1CCCCO[C@H](CN(C)C(=O)Nc2cccc3ccccc23)[C@@H](C)CN([C@@H](C)CO)C(=O)c2cc(NC(=O)CCCN(C)C)ccc2O1. The van der Waals surface area contributed by atoms with Crippen LogP contribution >= 0.6 is 0 Å². The molecule has 0 spiro atoms. The van der Waals surface area contributed by atoms with Crippen molar-refractivity contribution in [3.8, 4) is 5.75 Å². The van der Waals surface area contributed by atoms with E-state index in [1.165, 1.54) is 0 Å². The molecule has 11 nitrogen and oxygen atoms in total. The van der Waals surface area contributed by atoms with Crippen molar-refractivity contribution in [2.75, 3.05) is 64.6 Å². The Kier molecular flexibility index (Phi) is 14.4. The van der Waals surface area contributed by atoms with Crippen molar-refractivity contribution in [1.29, 1.82) is 0 Å². The van der Waals surface area contributed by atoms with Gasteiger partial charge in [0, 0.05) is 50.2 Å². The molecule has 0 saturated heterocycles. The van der Waals surface area contributed by atoms with Gasteiger partial charge in [0.25, 0.3) is 5.91 Å². The zero-order valence-electron chi connectivity index (χ0n) is 30.5. The van der Waals surface area contributed by atoms with E-state index in [9.17, 15) is 19.5 Å². The van der Waals surface area contributed by atoms with Gasteiger partial charge >= 0.3 is 6.03 Å². The van der Waals surface area contributed by atoms with E-state index in [0.29, 0.717) is 43.0 Å². The summed E-state index contributed by atoms with van der Waals surface area (Å²) in [6.07, 6.45) is 2.94. The fourth-order valence-corrected chi connectivity index (χ4v) is 6.14. The number of nitrogens with zero attached hydrogens (tertiary/aromatic N) is 3. The highest BCUT2D eigenvalue weighted by molar-refractivity contribution is 6.02. The molecular weight excluding hydrogens is 634 g/mol. The molecular formula is C39H55N5O6. The molecule has 1 heterocycles. The van der Waals surface area contributed by atoms with E-state index in [-0.39, 0.29) is 49.1 Å². The van der Waals surface area contributed by atoms with Crippen LogP contribution in [0.5, 0.6) is 5.75 Å². The number of anilines is 2. The molecule has 0 aromatic heterocycles. The third kappa shape index (κ3) is 10.9. The first kappa shape index (κ1) is 38.6. The molecule has 11 heteroatoms. The molecule has 4 atom stereocenters. The molecule has 272 valence electrons. The molecule has 1 aliphatic rings. The molecule has 0 unspecified atom stereocenters. The van der Waals surface area contributed by atoms with Gasteiger partial charge in [0.1, 0.15) is 5.75 Å². The molecule has 0 radical (unpaired) electrons. The zero-order valence-corrected chi connectivity index (χ0v) is 30.5. The van der Waals surface area contributed by atoms with Gasteiger partial charge < -0.3 is 39.9 Å². The van der Waals surface area contributed by atoms with Crippen LogP contribution in [0.4, 0.5) is 16.2 Å². The Morgan fingerprint density at radius 2 is 1.78 bits per heavy atom. The van der Waals surface area contributed by atoms with Crippen LogP contribution in [0.1, 0.15) is 63.2 Å². The highest BCUT2D eigenvalue weighted by atomic mass is 16.5. The van der Waals surface area contributed by atoms with E-state index in [2.05, 4.69) is 10.6 Å². The molecule has 1 aliphatic heterocycles. The lowest BCUT2D eigenvalue weighted by Gasteiger charge is -2.35. The minimum Gasteiger partial charge on any atom is -0.490 e. The number of hydrogen-bond acceptors (Lipinski definition) is 7. The van der Waals surface area contributed by atoms with Crippen LogP contribution in [0.25, 0.3) is 10.8 Å². The normalized spacial score (nSPS) is 19.6. The average molecular weight is 690 g/mol. The Bertz CT molecular complexity index is 1580. The maximum Gasteiger partial charge on any atom is 0.321 e. The zero-order chi connectivity index (χ0) is 36.2. The number of ether oxygens (including phenoxy) is 2. The summed E-state index contributed by atoms with van der Waals surface area (Å²) in [6.45, 7) is 7.39. The van der Waals surface area contributed by atoms with Crippen LogP contribution in [0.15, 0.2) is 60.7 Å². The van der Waals surface area contributed by atoms with Crippen molar-refractivity contribution in [2.45, 2.75) is 71.1 Å². The molecule has 0 bridgehead atoms. The van der Waals surface area contributed by atoms with E-state index in [0.717, 1.165) is 42.3 Å². The molecule has 3 N–H and O–H groups in total. The van der Waals surface area contributed by atoms with Crippen LogP contribution in [-0.4, -0.2) is 110 Å². The Hall–Kier alpha value is -4.19. The summed E-state index contributed by atoms with van der Waals surface area (Å²) in [5.74, 6) is -0.212. The highest BCUT2D eigenvalue weighted by Gasteiger charge is 2.31. The van der Waals surface area contributed by atoms with E-state index in [1.807, 2.05) is 75.3 Å². The van der Waals surface area contributed by atoms with Gasteiger partial charge in [-0.05, 0) is 89.8 Å². The van der Waals surface area contributed by atoms with Gasteiger partial charge in [-0.15, -0.1) is 0 Å². The number of aliphatic hydroxyl groups excluding tert-OH is 1. The Morgan fingerprint density at radius 3 is 2.54 bits per heavy atom. The Balaban J connectivity index is 1.56. The lowest BCUT2D eigenvalue weighted by molar-refractivity contribution is -0.116. The number of likely N-dealkylation sites (N-methyl/N-ethyl adjacent to an activating group) is 1. The number of urea groups is 1. The number of aliphatic hydroxyl groups is 1. The number of carbonyl (C=O) groups excluding carboxylic acids is 3. The summed E-state index contributed by atoms with van der Waals surface area (Å²) < 4.78 is 12.7. The second kappa shape index (κ2) is 18.7. The minimum atomic E-state index is -0.513. The van der Waals surface area contributed by atoms with Gasteiger partial charge in [-0.2, -0.15) is 0 Å². The van der Waals surface area contributed by atoms with Gasteiger partial charge in [-0.25, -0.2) is 4.79 Å². The number of fused-ring (bicyclic) bond motifs is 2. The first-order valence-electron chi connectivity index (χ1n) is 17.7. The quantitative estimate of drug-likeness (QED) is 0.236. The fourth-order valence-electron chi connectivity index (χ4n) is 6.14. The molecule has 0 aliphatic carbocycles. The highest BCUT2D eigenvalue weighted by Crippen LogP contribution is 2.29. The van der Waals surface area contributed by atoms with Crippen molar-refractivity contribution in [3.63, 3.8) is 0 Å². The Labute approximate surface area is 296 Å². The maximum atomic E-state index is 14.4. The lowest BCUT2D eigenvalue weighted by Crippen LogP contribution is -2.48. The van der Waals surface area contributed by atoms with Gasteiger partial charge in [0.2, 0.25) is 5.91 Å². The summed E-state index contributed by atoms with van der Waals surface area (Å²) in [4.78, 5) is 45.9. The predicted molar refractivity (Wildman–Crippen MR) is 199 cm³/mol. The van der Waals surface area contributed by atoms with Crippen molar-refractivity contribution in [3.05, 3.63) is 66.2 Å². The molecule has 4 rings (SSSR count). The first-order valence-corrected chi connectivity index (χ1v) is 17.7. The number of rotatable bonds is 10. The smallest absolute Gasteiger partial charge is 0.321 e. The largest absolute Gasteiger partial charge is 0.490 e. The Morgan fingerprint density at radius 1 is 1.02 bits per heavy atom. The average Bonchev–Trinajstić information content (AvgIpc) is 3.09. The molecule has 0 fully saturated rings. The monoisotopic (exact) mass is 689 g/mol. The topological polar surface area (TPSA) is 124 Å². The second-order valence-electron chi connectivity index (χ2n) is 13.8. The van der Waals surface area contributed by atoms with E-state index >= 15 is 0 Å². The third-order valence-electron chi connectivity index (χ3n) is 9.18. The van der Waals surface area contributed by atoms with E-state index in [4.69, 9.17) is 9.47 Å². The second-order valence-corrected chi connectivity index (χ2v) is 13.8. The number of amides is 4. The summed E-state index contributed by atoms with van der Waals surface area (Å²) >= 11 is 0. The van der Waals surface area contributed by atoms with E-state index in [1.54, 1.807) is 42.0 Å². The van der Waals surface area contributed by atoms with Crippen LogP contribution < -0.4 is 15.4 Å². The van der Waals surface area contributed by atoms with Crippen LogP contribution in [0.3, 0.4) is 0 Å². The first-order chi connectivity index (χ1) is 24.0. The number of hydrogen-bond donors (Lipinski definition) is 3. The molecule has 3 aromatic carbocycles. The van der Waals surface area contributed by atoms with Crippen LogP contribution in [0.2, 0.25) is 0 Å². The van der Waals surface area contributed by atoms with Crippen LogP contribution in [0, 0.1) is 5.92 Å². The van der Waals surface area contributed by atoms with Gasteiger partial charge in [0.15, 0.2) is 0 Å². The summed E-state index contributed by atoms with van der Waals surface area (Å²) in [6, 6.07) is 18.1. The summed E-state index contributed by atoms with van der Waals surface area (Å²) in [5, 5.41) is 18.3. The van der Waals surface area contributed by atoms with Crippen LogP contribution in [-0.2, 0) is 9.53 Å². The number of nitrogens with one attached hydrogen (secondary N) is 2. The number of carbonyl (C=O) groups is 3. The van der Waals surface area contributed by atoms with Crippen molar-refractivity contribution < 1.29 is 29.0 Å². The van der Waals surface area contributed by atoms with Gasteiger partial charge in [0.05, 0.1) is 36.1 Å². The standard InChI is InChI=1S/C39H55N5O6/c1-27-24-44(28(2)26-45)38(47)33-23-31(40-37(46)18-12-21-42(4)5)19-20-35(33)50-29(3)13-9-10-22-49-36(27)25-43(6)39(48)41-34-17-11-15-30-14-7-8-16-32(30)34/h7-8,11,14-17,19-20,23,27-29,36,45H,9-10,12-13,18,21-22,24-26H2,1-6H3,(H,40,46)(H,41,48)/t27-,28-,29-,36+/m0/s1. The van der Waals surface area contributed by atoms with Crippen molar-refractivity contribution >= 4 is 40.0 Å². The number of benzene rings is 3. The molecule has 4 amide bonds. The van der Waals surface area contributed by atoms with E-state index < -0.39 is 6.04 Å². The van der Waals surface area contributed by atoms with Gasteiger partial charge in [-0.1, -0.05) is 43.3 Å².